The Hall–Kier alpha value is -2.40. The van der Waals surface area contributed by atoms with Gasteiger partial charge in [0.15, 0.2) is 0 Å². The average molecular weight is 301 g/mol. The van der Waals surface area contributed by atoms with Gasteiger partial charge in [0.05, 0.1) is 4.88 Å². The van der Waals surface area contributed by atoms with Crippen molar-refractivity contribution in [2.24, 2.45) is 0 Å². The third-order valence-electron chi connectivity index (χ3n) is 2.83. The highest BCUT2D eigenvalue weighted by molar-refractivity contribution is 7.15. The van der Waals surface area contributed by atoms with E-state index in [1.807, 2.05) is 24.3 Å². The largest absolute Gasteiger partial charge is 0.478 e. The Morgan fingerprint density at radius 3 is 2.81 bits per heavy atom. The Morgan fingerprint density at radius 2 is 2.10 bits per heavy atom. The molecular weight excluding hydrogens is 286 g/mol. The van der Waals surface area contributed by atoms with E-state index in [2.05, 4.69) is 12.2 Å². The monoisotopic (exact) mass is 301 g/mol. The van der Waals surface area contributed by atoms with E-state index in [0.29, 0.717) is 4.88 Å². The predicted molar refractivity (Wildman–Crippen MR) is 84.8 cm³/mol. The highest BCUT2D eigenvalue weighted by Crippen LogP contribution is 2.20. The van der Waals surface area contributed by atoms with Crippen molar-refractivity contribution < 1.29 is 14.7 Å². The highest BCUT2D eigenvalue weighted by Gasteiger charge is 2.09. The van der Waals surface area contributed by atoms with Crippen LogP contribution in [0.4, 0.5) is 5.69 Å². The van der Waals surface area contributed by atoms with Gasteiger partial charge in [-0.2, -0.15) is 0 Å². The molecule has 5 heteroatoms. The van der Waals surface area contributed by atoms with Gasteiger partial charge >= 0.3 is 5.97 Å². The van der Waals surface area contributed by atoms with Crippen LogP contribution >= 0.6 is 11.3 Å². The molecule has 4 nitrogen and oxygen atoms in total. The molecule has 108 valence electrons. The smallest absolute Gasteiger partial charge is 0.328 e. The third kappa shape index (κ3) is 4.29. The summed E-state index contributed by atoms with van der Waals surface area (Å²) in [7, 11) is 0. The van der Waals surface area contributed by atoms with E-state index < -0.39 is 5.97 Å². The van der Waals surface area contributed by atoms with E-state index in [9.17, 15) is 9.59 Å². The van der Waals surface area contributed by atoms with Gasteiger partial charge in [-0.25, -0.2) is 4.79 Å². The lowest BCUT2D eigenvalue weighted by atomic mass is 10.1. The molecule has 0 fully saturated rings. The van der Waals surface area contributed by atoms with Crippen molar-refractivity contribution in [1.82, 2.24) is 0 Å². The fourth-order valence-corrected chi connectivity index (χ4v) is 2.59. The van der Waals surface area contributed by atoms with Crippen LogP contribution in [0.5, 0.6) is 0 Å². The van der Waals surface area contributed by atoms with E-state index >= 15 is 0 Å². The number of carboxylic acid groups (broad SMARTS) is 1. The van der Waals surface area contributed by atoms with Crippen molar-refractivity contribution in [3.05, 3.63) is 57.8 Å². The van der Waals surface area contributed by atoms with Crippen LogP contribution in [0.3, 0.4) is 0 Å². The summed E-state index contributed by atoms with van der Waals surface area (Å²) in [6.45, 7) is 2.06. The zero-order valence-corrected chi connectivity index (χ0v) is 12.3. The molecule has 1 heterocycles. The van der Waals surface area contributed by atoms with Gasteiger partial charge in [0, 0.05) is 16.6 Å². The van der Waals surface area contributed by atoms with Crippen LogP contribution in [0.1, 0.15) is 27.0 Å². The highest BCUT2D eigenvalue weighted by atomic mass is 32.1. The molecule has 0 radical (unpaired) electrons. The second-order valence-electron chi connectivity index (χ2n) is 4.38. The second-order valence-corrected chi connectivity index (χ2v) is 5.50. The number of carbonyl (C=O) groups excluding carboxylic acids is 1. The molecule has 0 bridgehead atoms. The molecule has 1 amide bonds. The lowest BCUT2D eigenvalue weighted by Gasteiger charge is -2.05. The first-order chi connectivity index (χ1) is 10.1. The van der Waals surface area contributed by atoms with Crippen LogP contribution in [0.25, 0.3) is 6.08 Å². The first-order valence-corrected chi connectivity index (χ1v) is 7.31. The van der Waals surface area contributed by atoms with Gasteiger partial charge in [-0.1, -0.05) is 19.1 Å². The number of aliphatic carboxylic acids is 1. The summed E-state index contributed by atoms with van der Waals surface area (Å²) in [6, 6.07) is 11.1. The molecule has 1 aromatic heterocycles. The Labute approximate surface area is 126 Å². The summed E-state index contributed by atoms with van der Waals surface area (Å²) in [4.78, 5) is 23.8. The maximum Gasteiger partial charge on any atom is 0.328 e. The minimum Gasteiger partial charge on any atom is -0.478 e. The van der Waals surface area contributed by atoms with E-state index in [-0.39, 0.29) is 5.91 Å². The van der Waals surface area contributed by atoms with Gasteiger partial charge in [-0.05, 0) is 42.3 Å². The maximum atomic E-state index is 12.1. The lowest BCUT2D eigenvalue weighted by molar-refractivity contribution is -0.131. The molecule has 0 saturated carbocycles. The van der Waals surface area contributed by atoms with Crippen LogP contribution in [-0.2, 0) is 11.2 Å². The number of hydrogen-bond donors (Lipinski definition) is 2. The first-order valence-electron chi connectivity index (χ1n) is 6.49. The van der Waals surface area contributed by atoms with Crippen molar-refractivity contribution >= 4 is 35.0 Å². The molecule has 0 aliphatic carbocycles. The van der Waals surface area contributed by atoms with Crippen LogP contribution in [0, 0.1) is 0 Å². The molecule has 0 saturated heterocycles. The first kappa shape index (κ1) is 15.0. The van der Waals surface area contributed by atoms with Crippen LogP contribution in [0.2, 0.25) is 0 Å². The molecule has 0 unspecified atom stereocenters. The number of nitrogens with one attached hydrogen (secondary N) is 1. The third-order valence-corrected chi connectivity index (χ3v) is 3.88. The molecule has 2 aromatic rings. The Kier molecular flexibility index (Phi) is 4.90. The van der Waals surface area contributed by atoms with Gasteiger partial charge in [0.1, 0.15) is 0 Å². The van der Waals surface area contributed by atoms with E-state index in [1.165, 1.54) is 17.4 Å². The van der Waals surface area contributed by atoms with Gasteiger partial charge < -0.3 is 10.4 Å². The molecule has 1 aromatic carbocycles. The van der Waals surface area contributed by atoms with E-state index in [4.69, 9.17) is 5.11 Å². The zero-order chi connectivity index (χ0) is 15.2. The number of benzene rings is 1. The molecule has 2 N–H and O–H groups in total. The Bertz CT molecular complexity index is 688. The predicted octanol–water partition coefficient (Wildman–Crippen LogP) is 3.66. The maximum absolute atomic E-state index is 12.1. The van der Waals surface area contributed by atoms with Crippen molar-refractivity contribution in [1.29, 1.82) is 0 Å². The number of rotatable bonds is 5. The van der Waals surface area contributed by atoms with Crippen LogP contribution < -0.4 is 5.32 Å². The van der Waals surface area contributed by atoms with Gasteiger partial charge in [-0.15, -0.1) is 11.3 Å². The molecule has 0 aliphatic heterocycles. The van der Waals surface area contributed by atoms with E-state index in [1.54, 1.807) is 12.1 Å². The van der Waals surface area contributed by atoms with Gasteiger partial charge in [0.2, 0.25) is 0 Å². The van der Waals surface area contributed by atoms with Crippen LogP contribution in [0.15, 0.2) is 42.5 Å². The lowest BCUT2D eigenvalue weighted by Crippen LogP contribution is -2.10. The molecular formula is C16H15NO3S. The molecule has 21 heavy (non-hydrogen) atoms. The summed E-state index contributed by atoms with van der Waals surface area (Å²) in [5.74, 6) is -1.20. The molecule has 0 atom stereocenters. The van der Waals surface area contributed by atoms with Crippen LogP contribution in [-0.4, -0.2) is 17.0 Å². The fraction of sp³-hybridized carbons (Fsp3) is 0.125. The normalized spacial score (nSPS) is 10.7. The Balaban J connectivity index is 2.08. The number of thiophene rings is 1. The minimum absolute atomic E-state index is 0.191. The van der Waals surface area contributed by atoms with Crippen molar-refractivity contribution in [3.63, 3.8) is 0 Å². The molecule has 2 rings (SSSR count). The van der Waals surface area contributed by atoms with E-state index in [0.717, 1.165) is 28.6 Å². The van der Waals surface area contributed by atoms with Crippen molar-refractivity contribution in [2.45, 2.75) is 13.3 Å². The molecule has 0 spiro atoms. The number of carboxylic acids is 1. The Morgan fingerprint density at radius 1 is 1.29 bits per heavy atom. The minimum atomic E-state index is -1.01. The number of amides is 1. The zero-order valence-electron chi connectivity index (χ0n) is 11.5. The number of aryl methyl sites for hydroxylation is 1. The molecule has 0 aliphatic rings. The van der Waals surface area contributed by atoms with Crippen molar-refractivity contribution in [3.8, 4) is 0 Å². The number of hydrogen-bond acceptors (Lipinski definition) is 3. The summed E-state index contributed by atoms with van der Waals surface area (Å²) in [5, 5.41) is 11.4. The van der Waals surface area contributed by atoms with Crippen molar-refractivity contribution in [2.75, 3.05) is 5.32 Å². The summed E-state index contributed by atoms with van der Waals surface area (Å²) in [5.41, 5.74) is 1.92. The van der Waals surface area contributed by atoms with Gasteiger partial charge in [-0.3, -0.25) is 4.79 Å². The standard InChI is InChI=1S/C16H15NO3S/c1-2-11-4-3-5-12(10-11)17-16(20)14-8-6-13(21-14)7-9-15(18)19/h3-10H,2H2,1H3,(H,17,20)(H,18,19). The van der Waals surface area contributed by atoms with Gasteiger partial charge in [0.25, 0.3) is 5.91 Å². The topological polar surface area (TPSA) is 66.4 Å². The SMILES string of the molecule is CCc1cccc(NC(=O)c2ccc(C=CC(=O)O)s2)c1. The fourth-order valence-electron chi connectivity index (χ4n) is 1.78. The summed E-state index contributed by atoms with van der Waals surface area (Å²) >= 11 is 1.25. The number of carbonyl (C=O) groups is 2. The average Bonchev–Trinajstić information content (AvgIpc) is 2.94. The summed E-state index contributed by atoms with van der Waals surface area (Å²) in [6.07, 6.45) is 3.44. The quantitative estimate of drug-likeness (QED) is 0.828. The number of anilines is 1. The summed E-state index contributed by atoms with van der Waals surface area (Å²) < 4.78 is 0. The second kappa shape index (κ2) is 6.85.